The minimum atomic E-state index is 0.338. The summed E-state index contributed by atoms with van der Waals surface area (Å²) >= 11 is 0. The highest BCUT2D eigenvalue weighted by atomic mass is 16.5. The molecule has 2 aromatic heterocycles. The number of nitrogens with zero attached hydrogens (tertiary/aromatic N) is 6. The van der Waals surface area contributed by atoms with Gasteiger partial charge in [0.1, 0.15) is 11.6 Å². The molecule has 152 valence electrons. The lowest BCUT2D eigenvalue weighted by molar-refractivity contribution is 0.248. The van der Waals surface area contributed by atoms with Gasteiger partial charge in [0.05, 0.1) is 0 Å². The Morgan fingerprint density at radius 1 is 1.00 bits per heavy atom. The Bertz CT molecular complexity index is 931. The Labute approximate surface area is 171 Å². The molecule has 1 fully saturated rings. The predicted molar refractivity (Wildman–Crippen MR) is 113 cm³/mol. The van der Waals surface area contributed by atoms with Gasteiger partial charge in [-0.25, -0.2) is 9.97 Å². The number of benzene rings is 1. The van der Waals surface area contributed by atoms with Crippen molar-refractivity contribution in [3.63, 3.8) is 0 Å². The van der Waals surface area contributed by atoms with E-state index in [9.17, 15) is 0 Å². The van der Waals surface area contributed by atoms with Crippen LogP contribution in [0.25, 0.3) is 11.4 Å². The largest absolute Gasteiger partial charge is 0.354 e. The minimum absolute atomic E-state index is 0.338. The van der Waals surface area contributed by atoms with Crippen molar-refractivity contribution in [1.82, 2.24) is 25.0 Å². The zero-order valence-electron chi connectivity index (χ0n) is 17.4. The molecule has 4 rings (SSSR count). The van der Waals surface area contributed by atoms with Crippen LogP contribution in [0.4, 0.5) is 5.82 Å². The van der Waals surface area contributed by atoms with E-state index >= 15 is 0 Å². The van der Waals surface area contributed by atoms with E-state index in [1.165, 1.54) is 0 Å². The first kappa shape index (κ1) is 19.5. The highest BCUT2D eigenvalue weighted by Gasteiger charge is 2.20. The van der Waals surface area contributed by atoms with Crippen LogP contribution in [-0.4, -0.2) is 57.7 Å². The first-order valence-corrected chi connectivity index (χ1v) is 10.3. The fourth-order valence-corrected chi connectivity index (χ4v) is 3.51. The van der Waals surface area contributed by atoms with E-state index in [2.05, 4.69) is 44.8 Å². The third kappa shape index (κ3) is 4.79. The second kappa shape index (κ2) is 8.69. The number of piperazine rings is 1. The molecular formula is C22H28N6O. The van der Waals surface area contributed by atoms with E-state index in [4.69, 9.17) is 9.51 Å². The SMILES string of the molecule is Cc1cc(N2CCN(CCc3nc(-c4ccccc4)no3)CC2)nc(C(C)C)n1. The summed E-state index contributed by atoms with van der Waals surface area (Å²) < 4.78 is 5.43. The molecular weight excluding hydrogens is 364 g/mol. The van der Waals surface area contributed by atoms with Gasteiger partial charge >= 0.3 is 0 Å². The van der Waals surface area contributed by atoms with Crippen LogP contribution < -0.4 is 4.90 Å². The topological polar surface area (TPSA) is 71.2 Å². The summed E-state index contributed by atoms with van der Waals surface area (Å²) in [5, 5.41) is 4.11. The number of aromatic nitrogens is 4. The first-order valence-electron chi connectivity index (χ1n) is 10.3. The molecule has 0 bridgehead atoms. The van der Waals surface area contributed by atoms with Gasteiger partial charge in [-0.2, -0.15) is 4.98 Å². The van der Waals surface area contributed by atoms with E-state index in [0.717, 1.165) is 62.0 Å². The van der Waals surface area contributed by atoms with Crippen molar-refractivity contribution in [2.75, 3.05) is 37.6 Å². The quantitative estimate of drug-likeness (QED) is 0.637. The van der Waals surface area contributed by atoms with Crippen molar-refractivity contribution in [3.05, 3.63) is 53.8 Å². The maximum Gasteiger partial charge on any atom is 0.228 e. The fourth-order valence-electron chi connectivity index (χ4n) is 3.51. The summed E-state index contributed by atoms with van der Waals surface area (Å²) in [5.74, 6) is 3.66. The Morgan fingerprint density at radius 2 is 1.76 bits per heavy atom. The number of aryl methyl sites for hydroxylation is 1. The smallest absolute Gasteiger partial charge is 0.228 e. The van der Waals surface area contributed by atoms with E-state index in [1.54, 1.807) is 0 Å². The summed E-state index contributed by atoms with van der Waals surface area (Å²) in [7, 11) is 0. The molecule has 0 amide bonds. The third-order valence-electron chi connectivity index (χ3n) is 5.21. The Hall–Kier alpha value is -2.80. The number of rotatable bonds is 6. The highest BCUT2D eigenvalue weighted by molar-refractivity contribution is 5.53. The van der Waals surface area contributed by atoms with Crippen molar-refractivity contribution in [3.8, 4) is 11.4 Å². The van der Waals surface area contributed by atoms with Gasteiger partial charge in [0.25, 0.3) is 0 Å². The summed E-state index contributed by atoms with van der Waals surface area (Å²) in [4.78, 5) is 18.7. The molecule has 7 nitrogen and oxygen atoms in total. The maximum atomic E-state index is 5.43. The average molecular weight is 393 g/mol. The monoisotopic (exact) mass is 392 g/mol. The lowest BCUT2D eigenvalue weighted by Gasteiger charge is -2.35. The summed E-state index contributed by atoms with van der Waals surface area (Å²) in [6.45, 7) is 11.2. The number of hydrogen-bond donors (Lipinski definition) is 0. The van der Waals surface area contributed by atoms with Crippen LogP contribution in [0.1, 0.15) is 37.2 Å². The summed E-state index contributed by atoms with van der Waals surface area (Å²) in [5.41, 5.74) is 2.02. The standard InChI is InChI=1S/C22H28N6O/c1-16(2)21-23-17(3)15-19(24-21)28-13-11-27(12-14-28)10-9-20-25-22(26-29-20)18-7-5-4-6-8-18/h4-8,15-16H,9-14H2,1-3H3. The second-order valence-corrected chi connectivity index (χ2v) is 7.84. The molecule has 29 heavy (non-hydrogen) atoms. The third-order valence-corrected chi connectivity index (χ3v) is 5.21. The molecule has 1 saturated heterocycles. The van der Waals surface area contributed by atoms with Gasteiger partial charge in [-0.15, -0.1) is 0 Å². The minimum Gasteiger partial charge on any atom is -0.354 e. The zero-order valence-corrected chi connectivity index (χ0v) is 17.4. The van der Waals surface area contributed by atoms with E-state index in [-0.39, 0.29) is 0 Å². The zero-order chi connectivity index (χ0) is 20.2. The Balaban J connectivity index is 1.30. The van der Waals surface area contributed by atoms with Crippen LogP contribution in [0.2, 0.25) is 0 Å². The van der Waals surface area contributed by atoms with E-state index in [0.29, 0.717) is 17.6 Å². The van der Waals surface area contributed by atoms with E-state index < -0.39 is 0 Å². The second-order valence-electron chi connectivity index (χ2n) is 7.84. The molecule has 0 unspecified atom stereocenters. The lowest BCUT2D eigenvalue weighted by Crippen LogP contribution is -2.47. The van der Waals surface area contributed by atoms with Crippen molar-refractivity contribution < 1.29 is 4.52 Å². The number of hydrogen-bond acceptors (Lipinski definition) is 7. The molecule has 0 N–H and O–H groups in total. The number of anilines is 1. The average Bonchev–Trinajstić information content (AvgIpc) is 3.22. The van der Waals surface area contributed by atoms with Crippen molar-refractivity contribution in [2.45, 2.75) is 33.1 Å². The van der Waals surface area contributed by atoms with Crippen molar-refractivity contribution in [2.24, 2.45) is 0 Å². The highest BCUT2D eigenvalue weighted by Crippen LogP contribution is 2.19. The Kier molecular flexibility index (Phi) is 5.85. The maximum absolute atomic E-state index is 5.43. The molecule has 1 aliphatic rings. The van der Waals surface area contributed by atoms with Crippen molar-refractivity contribution in [1.29, 1.82) is 0 Å². The summed E-state index contributed by atoms with van der Waals surface area (Å²) in [6, 6.07) is 12.0. The van der Waals surface area contributed by atoms with Gasteiger partial charge < -0.3 is 9.42 Å². The van der Waals surface area contributed by atoms with Crippen LogP contribution in [0.5, 0.6) is 0 Å². The normalized spacial score (nSPS) is 15.2. The van der Waals surface area contributed by atoms with Gasteiger partial charge in [0.15, 0.2) is 0 Å². The fraction of sp³-hybridized carbons (Fsp3) is 0.455. The van der Waals surface area contributed by atoms with Crippen molar-refractivity contribution >= 4 is 5.82 Å². The predicted octanol–water partition coefficient (Wildman–Crippen LogP) is 3.32. The molecule has 0 spiro atoms. The van der Waals surface area contributed by atoms with Crippen LogP contribution >= 0.6 is 0 Å². The molecule has 3 heterocycles. The van der Waals surface area contributed by atoms with Gasteiger partial charge in [-0.3, -0.25) is 4.90 Å². The molecule has 7 heteroatoms. The molecule has 0 aliphatic carbocycles. The van der Waals surface area contributed by atoms with Crippen LogP contribution in [0, 0.1) is 6.92 Å². The molecule has 1 aromatic carbocycles. The lowest BCUT2D eigenvalue weighted by atomic mass is 10.2. The molecule has 1 aliphatic heterocycles. The van der Waals surface area contributed by atoms with Gasteiger partial charge in [0, 0.05) is 62.4 Å². The van der Waals surface area contributed by atoms with Crippen LogP contribution in [0.15, 0.2) is 40.9 Å². The van der Waals surface area contributed by atoms with Gasteiger partial charge in [-0.1, -0.05) is 49.3 Å². The Morgan fingerprint density at radius 3 is 2.48 bits per heavy atom. The van der Waals surface area contributed by atoms with Gasteiger partial charge in [-0.05, 0) is 6.92 Å². The molecule has 0 saturated carbocycles. The van der Waals surface area contributed by atoms with Crippen LogP contribution in [0.3, 0.4) is 0 Å². The first-order chi connectivity index (χ1) is 14.1. The molecule has 3 aromatic rings. The van der Waals surface area contributed by atoms with E-state index in [1.807, 2.05) is 37.3 Å². The van der Waals surface area contributed by atoms with Crippen LogP contribution in [-0.2, 0) is 6.42 Å². The molecule has 0 radical (unpaired) electrons. The van der Waals surface area contributed by atoms with Gasteiger partial charge in [0.2, 0.25) is 11.7 Å². The summed E-state index contributed by atoms with van der Waals surface area (Å²) in [6.07, 6.45) is 0.768. The molecule has 0 atom stereocenters.